The minimum Gasteiger partial charge on any atom is -0.495 e. The SMILES string of the molecule is COc1c(Cl)cc(Cl)cc1CNCC1CNCC1O. The van der Waals surface area contributed by atoms with E-state index in [1.807, 2.05) is 6.07 Å². The predicted molar refractivity (Wildman–Crippen MR) is 77.1 cm³/mol. The molecule has 1 aromatic rings. The summed E-state index contributed by atoms with van der Waals surface area (Å²) in [6.45, 7) is 2.84. The van der Waals surface area contributed by atoms with Gasteiger partial charge < -0.3 is 20.5 Å². The molecule has 1 fully saturated rings. The number of ether oxygens (including phenoxy) is 1. The quantitative estimate of drug-likeness (QED) is 0.775. The Morgan fingerprint density at radius 3 is 2.84 bits per heavy atom. The Balaban J connectivity index is 1.95. The predicted octanol–water partition coefficient (Wildman–Crippen LogP) is 1.67. The Bertz CT molecular complexity index is 443. The van der Waals surface area contributed by atoms with E-state index in [-0.39, 0.29) is 12.0 Å². The summed E-state index contributed by atoms with van der Waals surface area (Å²) < 4.78 is 5.28. The molecular formula is C13H18Cl2N2O2. The monoisotopic (exact) mass is 304 g/mol. The molecule has 0 spiro atoms. The molecule has 1 saturated heterocycles. The lowest BCUT2D eigenvalue weighted by Gasteiger charge is -2.16. The molecule has 2 unspecified atom stereocenters. The summed E-state index contributed by atoms with van der Waals surface area (Å²) in [5.41, 5.74) is 0.917. The summed E-state index contributed by atoms with van der Waals surface area (Å²) in [4.78, 5) is 0. The lowest BCUT2D eigenvalue weighted by Crippen LogP contribution is -2.30. The molecule has 2 rings (SSSR count). The van der Waals surface area contributed by atoms with E-state index in [0.717, 1.165) is 18.7 Å². The van der Waals surface area contributed by atoms with Gasteiger partial charge in [0.1, 0.15) is 5.75 Å². The van der Waals surface area contributed by atoms with Crippen LogP contribution in [0.4, 0.5) is 0 Å². The first kappa shape index (κ1) is 14.9. The van der Waals surface area contributed by atoms with Gasteiger partial charge in [-0.3, -0.25) is 0 Å². The molecule has 3 N–H and O–H groups in total. The largest absolute Gasteiger partial charge is 0.495 e. The first-order valence-electron chi connectivity index (χ1n) is 6.23. The number of benzene rings is 1. The van der Waals surface area contributed by atoms with Gasteiger partial charge in [0.2, 0.25) is 0 Å². The molecule has 106 valence electrons. The smallest absolute Gasteiger partial charge is 0.142 e. The molecule has 0 aromatic heterocycles. The lowest BCUT2D eigenvalue weighted by atomic mass is 10.1. The zero-order valence-electron chi connectivity index (χ0n) is 10.7. The molecule has 6 heteroatoms. The highest BCUT2D eigenvalue weighted by molar-refractivity contribution is 6.35. The van der Waals surface area contributed by atoms with Gasteiger partial charge in [0, 0.05) is 42.7 Å². The fourth-order valence-electron chi connectivity index (χ4n) is 2.29. The maximum absolute atomic E-state index is 9.71. The summed E-state index contributed by atoms with van der Waals surface area (Å²) in [7, 11) is 1.59. The van der Waals surface area contributed by atoms with Crippen LogP contribution >= 0.6 is 23.2 Å². The van der Waals surface area contributed by atoms with Gasteiger partial charge in [-0.2, -0.15) is 0 Å². The Morgan fingerprint density at radius 1 is 1.42 bits per heavy atom. The molecular weight excluding hydrogens is 287 g/mol. The molecule has 19 heavy (non-hydrogen) atoms. The van der Waals surface area contributed by atoms with Crippen molar-refractivity contribution in [2.75, 3.05) is 26.7 Å². The zero-order valence-corrected chi connectivity index (χ0v) is 12.3. The highest BCUT2D eigenvalue weighted by Gasteiger charge is 2.24. The third-order valence-corrected chi connectivity index (χ3v) is 3.81. The second-order valence-corrected chi connectivity index (χ2v) is 5.54. The van der Waals surface area contributed by atoms with Crippen molar-refractivity contribution in [3.8, 4) is 5.75 Å². The van der Waals surface area contributed by atoms with Crippen molar-refractivity contribution in [1.82, 2.24) is 10.6 Å². The van der Waals surface area contributed by atoms with Crippen molar-refractivity contribution in [3.05, 3.63) is 27.7 Å². The van der Waals surface area contributed by atoms with E-state index in [1.165, 1.54) is 0 Å². The summed E-state index contributed by atoms with van der Waals surface area (Å²) >= 11 is 12.1. The Hall–Kier alpha value is -0.520. The van der Waals surface area contributed by atoms with Crippen LogP contribution in [0.3, 0.4) is 0 Å². The minimum absolute atomic E-state index is 0.237. The number of halogens is 2. The van der Waals surface area contributed by atoms with Crippen molar-refractivity contribution in [2.24, 2.45) is 5.92 Å². The fourth-order valence-corrected chi connectivity index (χ4v) is 2.91. The molecule has 0 aliphatic carbocycles. The summed E-state index contributed by atoms with van der Waals surface area (Å²) in [5.74, 6) is 0.879. The molecule has 0 saturated carbocycles. The molecule has 1 aliphatic heterocycles. The van der Waals surface area contributed by atoms with Crippen molar-refractivity contribution in [2.45, 2.75) is 12.6 Å². The van der Waals surface area contributed by atoms with Crippen LogP contribution in [0, 0.1) is 5.92 Å². The molecule has 0 radical (unpaired) electrons. The van der Waals surface area contributed by atoms with E-state index in [2.05, 4.69) is 10.6 Å². The van der Waals surface area contributed by atoms with Crippen LogP contribution in [-0.2, 0) is 6.54 Å². The third kappa shape index (κ3) is 3.74. The van der Waals surface area contributed by atoms with Gasteiger partial charge in [-0.25, -0.2) is 0 Å². The van der Waals surface area contributed by atoms with Crippen LogP contribution in [0.5, 0.6) is 5.75 Å². The van der Waals surface area contributed by atoms with Crippen molar-refractivity contribution in [3.63, 3.8) is 0 Å². The molecule has 1 aliphatic rings. The number of aliphatic hydroxyl groups excluding tert-OH is 1. The number of hydrogen-bond donors (Lipinski definition) is 3. The fraction of sp³-hybridized carbons (Fsp3) is 0.538. The van der Waals surface area contributed by atoms with Crippen LogP contribution < -0.4 is 15.4 Å². The Labute approximate surface area is 123 Å². The van der Waals surface area contributed by atoms with E-state index in [4.69, 9.17) is 27.9 Å². The molecule has 0 amide bonds. The number of rotatable bonds is 5. The topological polar surface area (TPSA) is 53.5 Å². The van der Waals surface area contributed by atoms with Gasteiger partial charge >= 0.3 is 0 Å². The maximum Gasteiger partial charge on any atom is 0.142 e. The van der Waals surface area contributed by atoms with E-state index in [0.29, 0.717) is 28.9 Å². The lowest BCUT2D eigenvalue weighted by molar-refractivity contribution is 0.146. The first-order valence-corrected chi connectivity index (χ1v) is 6.99. The number of β-amino-alcohol motifs (C(OH)–C–C–N with tert-alkyl or cyclic N) is 1. The van der Waals surface area contributed by atoms with E-state index >= 15 is 0 Å². The van der Waals surface area contributed by atoms with Gasteiger partial charge in [-0.05, 0) is 12.1 Å². The Kier molecular flexibility index (Phi) is 5.30. The van der Waals surface area contributed by atoms with Crippen LogP contribution in [0.2, 0.25) is 10.0 Å². The second-order valence-electron chi connectivity index (χ2n) is 4.70. The average Bonchev–Trinajstić information content (AvgIpc) is 2.75. The normalized spacial score (nSPS) is 22.7. The van der Waals surface area contributed by atoms with Crippen LogP contribution in [0.1, 0.15) is 5.56 Å². The molecule has 1 heterocycles. The number of nitrogens with one attached hydrogen (secondary N) is 2. The van der Waals surface area contributed by atoms with Gasteiger partial charge in [-0.15, -0.1) is 0 Å². The van der Waals surface area contributed by atoms with Crippen LogP contribution in [-0.4, -0.2) is 38.0 Å². The molecule has 1 aromatic carbocycles. The number of hydrogen-bond acceptors (Lipinski definition) is 4. The van der Waals surface area contributed by atoms with Gasteiger partial charge in [0.15, 0.2) is 0 Å². The first-order chi connectivity index (χ1) is 9.11. The van der Waals surface area contributed by atoms with Crippen molar-refractivity contribution < 1.29 is 9.84 Å². The second kappa shape index (κ2) is 6.77. The number of methoxy groups -OCH3 is 1. The van der Waals surface area contributed by atoms with Crippen LogP contribution in [0.15, 0.2) is 12.1 Å². The highest BCUT2D eigenvalue weighted by atomic mass is 35.5. The summed E-state index contributed by atoms with van der Waals surface area (Å²) in [6.07, 6.45) is -0.280. The zero-order chi connectivity index (χ0) is 13.8. The highest BCUT2D eigenvalue weighted by Crippen LogP contribution is 2.32. The van der Waals surface area contributed by atoms with E-state index < -0.39 is 0 Å². The standard InChI is InChI=1S/C13H18Cl2N2O2/c1-19-13-8(2-10(14)3-11(13)15)4-16-5-9-6-17-7-12(9)18/h2-3,9,12,16-18H,4-7H2,1H3. The summed E-state index contributed by atoms with van der Waals surface area (Å²) in [6, 6.07) is 3.50. The minimum atomic E-state index is -0.280. The molecule has 2 atom stereocenters. The van der Waals surface area contributed by atoms with Crippen LogP contribution in [0.25, 0.3) is 0 Å². The average molecular weight is 305 g/mol. The maximum atomic E-state index is 9.71. The van der Waals surface area contributed by atoms with Gasteiger partial charge in [0.05, 0.1) is 18.2 Å². The third-order valence-electron chi connectivity index (χ3n) is 3.32. The molecule has 4 nitrogen and oxygen atoms in total. The molecule has 0 bridgehead atoms. The Morgan fingerprint density at radius 2 is 2.21 bits per heavy atom. The van der Waals surface area contributed by atoms with Gasteiger partial charge in [0.25, 0.3) is 0 Å². The number of aliphatic hydroxyl groups is 1. The van der Waals surface area contributed by atoms with Gasteiger partial charge in [-0.1, -0.05) is 23.2 Å². The summed E-state index contributed by atoms with van der Waals surface area (Å²) in [5, 5.41) is 17.3. The van der Waals surface area contributed by atoms with Crippen molar-refractivity contribution in [1.29, 1.82) is 0 Å². The van der Waals surface area contributed by atoms with E-state index in [9.17, 15) is 5.11 Å². The van der Waals surface area contributed by atoms with Crippen molar-refractivity contribution >= 4 is 23.2 Å². The van der Waals surface area contributed by atoms with E-state index in [1.54, 1.807) is 13.2 Å².